The zero-order valence-corrected chi connectivity index (χ0v) is 16.9. The van der Waals surface area contributed by atoms with Gasteiger partial charge < -0.3 is 5.32 Å². The van der Waals surface area contributed by atoms with Gasteiger partial charge in [0.15, 0.2) is 0 Å². The van der Waals surface area contributed by atoms with E-state index in [9.17, 15) is 17.6 Å². The second-order valence-electron chi connectivity index (χ2n) is 7.74. The molecule has 7 nitrogen and oxygen atoms in total. The highest BCUT2D eigenvalue weighted by atomic mass is 32.2. The van der Waals surface area contributed by atoms with Crippen molar-refractivity contribution in [3.8, 4) is 0 Å². The summed E-state index contributed by atoms with van der Waals surface area (Å²) in [5.74, 6) is -0.714. The van der Waals surface area contributed by atoms with E-state index in [0.29, 0.717) is 18.7 Å². The Balaban J connectivity index is 1.55. The maximum absolute atomic E-state index is 13.2. The summed E-state index contributed by atoms with van der Waals surface area (Å²) in [7, 11) is -3.79. The van der Waals surface area contributed by atoms with E-state index < -0.39 is 21.9 Å². The number of aromatic nitrogens is 2. The highest BCUT2D eigenvalue weighted by Gasteiger charge is 2.35. The zero-order chi connectivity index (χ0) is 20.4. The number of carbonyl (C=O) groups is 1. The minimum absolute atomic E-state index is 0.0597. The molecule has 4 rings (SSSR count). The molecule has 156 valence electrons. The van der Waals surface area contributed by atoms with Gasteiger partial charge in [0, 0.05) is 12.6 Å². The first-order valence-corrected chi connectivity index (χ1v) is 11.5. The van der Waals surface area contributed by atoms with E-state index in [0.717, 1.165) is 50.7 Å². The fourth-order valence-electron chi connectivity index (χ4n) is 4.20. The minimum atomic E-state index is -3.79. The molecule has 1 atom stereocenters. The lowest BCUT2D eigenvalue weighted by molar-refractivity contribution is 0.0932. The van der Waals surface area contributed by atoms with Gasteiger partial charge in [-0.2, -0.15) is 9.40 Å². The van der Waals surface area contributed by atoms with Crippen LogP contribution >= 0.6 is 0 Å². The van der Waals surface area contributed by atoms with Gasteiger partial charge in [0.25, 0.3) is 5.91 Å². The summed E-state index contributed by atoms with van der Waals surface area (Å²) in [6.07, 6.45) is 6.46. The van der Waals surface area contributed by atoms with Crippen LogP contribution < -0.4 is 5.32 Å². The predicted octanol–water partition coefficient (Wildman–Crippen LogP) is 3.14. The Morgan fingerprint density at radius 1 is 1.10 bits per heavy atom. The van der Waals surface area contributed by atoms with Gasteiger partial charge in [-0.1, -0.05) is 19.3 Å². The van der Waals surface area contributed by atoms with Crippen molar-refractivity contribution >= 4 is 15.9 Å². The number of H-pyrrole nitrogens is 1. The van der Waals surface area contributed by atoms with Crippen LogP contribution in [0.2, 0.25) is 0 Å². The highest BCUT2D eigenvalue weighted by molar-refractivity contribution is 7.89. The number of sulfonamides is 1. The van der Waals surface area contributed by atoms with Crippen LogP contribution in [0.4, 0.5) is 4.39 Å². The van der Waals surface area contributed by atoms with Crippen molar-refractivity contribution in [3.63, 3.8) is 0 Å². The first-order chi connectivity index (χ1) is 13.9. The van der Waals surface area contributed by atoms with Crippen molar-refractivity contribution in [2.24, 2.45) is 0 Å². The van der Waals surface area contributed by atoms with E-state index in [1.54, 1.807) is 6.07 Å². The Kier molecular flexibility index (Phi) is 5.69. The van der Waals surface area contributed by atoms with Crippen molar-refractivity contribution in [2.45, 2.75) is 61.9 Å². The molecule has 1 saturated heterocycles. The van der Waals surface area contributed by atoms with Crippen LogP contribution in [0.1, 0.15) is 67.2 Å². The number of nitrogens with one attached hydrogen (secondary N) is 2. The molecule has 2 aliphatic rings. The van der Waals surface area contributed by atoms with Crippen LogP contribution in [-0.4, -0.2) is 41.4 Å². The molecular formula is C20H25FN4O3S. The van der Waals surface area contributed by atoms with Crippen LogP contribution in [0, 0.1) is 5.82 Å². The third-order valence-electron chi connectivity index (χ3n) is 5.75. The molecule has 1 aliphatic heterocycles. The van der Waals surface area contributed by atoms with Crippen molar-refractivity contribution in [1.82, 2.24) is 19.8 Å². The van der Waals surface area contributed by atoms with Crippen LogP contribution in [0.3, 0.4) is 0 Å². The molecule has 29 heavy (non-hydrogen) atoms. The molecule has 2 aromatic rings. The summed E-state index contributed by atoms with van der Waals surface area (Å²) in [4.78, 5) is 12.5. The molecule has 2 fully saturated rings. The number of hydrogen-bond donors (Lipinski definition) is 2. The van der Waals surface area contributed by atoms with E-state index in [-0.39, 0.29) is 22.5 Å². The second kappa shape index (κ2) is 8.23. The number of piperidine rings is 1. The van der Waals surface area contributed by atoms with Crippen molar-refractivity contribution in [1.29, 1.82) is 0 Å². The minimum Gasteiger partial charge on any atom is -0.348 e. The molecule has 1 saturated carbocycles. The lowest BCUT2D eigenvalue weighted by Gasteiger charge is -2.33. The smallest absolute Gasteiger partial charge is 0.271 e. The maximum Gasteiger partial charge on any atom is 0.271 e. The number of rotatable bonds is 5. The van der Waals surface area contributed by atoms with Gasteiger partial charge in [0.2, 0.25) is 10.0 Å². The third kappa shape index (κ3) is 4.20. The second-order valence-corrected chi connectivity index (χ2v) is 9.64. The van der Waals surface area contributed by atoms with Crippen LogP contribution in [0.15, 0.2) is 35.2 Å². The van der Waals surface area contributed by atoms with E-state index in [2.05, 4.69) is 15.5 Å². The lowest BCUT2D eigenvalue weighted by atomic mass is 10.0. The number of nitrogens with zero attached hydrogens (tertiary/aromatic N) is 2. The Bertz CT molecular complexity index is 968. The quantitative estimate of drug-likeness (QED) is 0.777. The number of aromatic amines is 1. The Morgan fingerprint density at radius 3 is 2.52 bits per heavy atom. The average molecular weight is 421 g/mol. The lowest BCUT2D eigenvalue weighted by Crippen LogP contribution is -2.38. The molecular weight excluding hydrogens is 395 g/mol. The molecule has 0 bridgehead atoms. The summed E-state index contributed by atoms with van der Waals surface area (Å²) < 4.78 is 40.9. The number of amides is 1. The fraction of sp³-hybridized carbons (Fsp3) is 0.500. The first kappa shape index (κ1) is 20.0. The number of benzene rings is 1. The van der Waals surface area contributed by atoms with Gasteiger partial charge in [-0.05, 0) is 56.0 Å². The van der Waals surface area contributed by atoms with Crippen LogP contribution in [0.25, 0.3) is 0 Å². The summed E-state index contributed by atoms with van der Waals surface area (Å²) in [5, 5.41) is 9.99. The molecule has 0 radical (unpaired) electrons. The third-order valence-corrected chi connectivity index (χ3v) is 7.68. The molecule has 0 spiro atoms. The van der Waals surface area contributed by atoms with Gasteiger partial charge in [-0.25, -0.2) is 12.8 Å². The Morgan fingerprint density at radius 2 is 1.79 bits per heavy atom. The largest absolute Gasteiger partial charge is 0.348 e. The van der Waals surface area contributed by atoms with Crippen molar-refractivity contribution in [3.05, 3.63) is 47.5 Å². The topological polar surface area (TPSA) is 95.2 Å². The number of hydrogen-bond acceptors (Lipinski definition) is 4. The van der Waals surface area contributed by atoms with Gasteiger partial charge >= 0.3 is 0 Å². The monoisotopic (exact) mass is 420 g/mol. The van der Waals surface area contributed by atoms with Crippen LogP contribution in [-0.2, 0) is 10.0 Å². The molecule has 1 unspecified atom stereocenters. The van der Waals surface area contributed by atoms with Gasteiger partial charge in [-0.3, -0.25) is 9.89 Å². The SMILES string of the molecule is O=C(NC1CCCC1)c1cc(C2CCCCN2S(=O)(=O)c2ccc(F)cc2)[nH]n1. The Labute approximate surface area is 169 Å². The molecule has 1 aliphatic carbocycles. The van der Waals surface area contributed by atoms with Crippen molar-refractivity contribution in [2.75, 3.05) is 6.54 Å². The van der Waals surface area contributed by atoms with Gasteiger partial charge in [-0.15, -0.1) is 0 Å². The highest BCUT2D eigenvalue weighted by Crippen LogP contribution is 2.35. The zero-order valence-electron chi connectivity index (χ0n) is 16.1. The normalized spacial score (nSPS) is 21.3. The molecule has 9 heteroatoms. The van der Waals surface area contributed by atoms with Crippen molar-refractivity contribution < 1.29 is 17.6 Å². The molecule has 2 heterocycles. The summed E-state index contributed by atoms with van der Waals surface area (Å²) >= 11 is 0. The number of halogens is 1. The summed E-state index contributed by atoms with van der Waals surface area (Å²) in [6, 6.07) is 6.26. The molecule has 1 aromatic carbocycles. The van der Waals surface area contributed by atoms with E-state index in [1.807, 2.05) is 0 Å². The molecule has 2 N–H and O–H groups in total. The maximum atomic E-state index is 13.2. The first-order valence-electron chi connectivity index (χ1n) is 10.1. The summed E-state index contributed by atoms with van der Waals surface area (Å²) in [5.41, 5.74) is 0.878. The Hall–Kier alpha value is -2.26. The average Bonchev–Trinajstić information content (AvgIpc) is 3.40. The fourth-order valence-corrected chi connectivity index (χ4v) is 5.87. The standard InChI is InChI=1S/C20H25FN4O3S/c21-14-8-10-16(11-9-14)29(27,28)25-12-4-3-7-19(25)17-13-18(24-23-17)20(26)22-15-5-1-2-6-15/h8-11,13,15,19H,1-7,12H2,(H,22,26)(H,23,24). The van der Waals surface area contributed by atoms with Gasteiger partial charge in [0.1, 0.15) is 11.5 Å². The van der Waals surface area contributed by atoms with E-state index >= 15 is 0 Å². The number of carbonyl (C=O) groups excluding carboxylic acids is 1. The molecule has 1 amide bonds. The van der Waals surface area contributed by atoms with E-state index in [1.165, 1.54) is 16.4 Å². The van der Waals surface area contributed by atoms with Crippen LogP contribution in [0.5, 0.6) is 0 Å². The summed E-state index contributed by atoms with van der Waals surface area (Å²) in [6.45, 7) is 0.368. The van der Waals surface area contributed by atoms with Gasteiger partial charge in [0.05, 0.1) is 16.6 Å². The molecule has 1 aromatic heterocycles. The van der Waals surface area contributed by atoms with E-state index in [4.69, 9.17) is 0 Å². The predicted molar refractivity (Wildman–Crippen MR) is 105 cm³/mol.